The molecule has 0 aromatic carbocycles. The molecule has 0 aliphatic rings. The van der Waals surface area contributed by atoms with Gasteiger partial charge in [-0.05, 0) is 18.9 Å². The first kappa shape index (κ1) is 30.3. The standard InChI is InChI=1S/C5H13N.2ClH.H3N.Pt/c1-5(2)3-4-6;;;;/h5H,3-4,6H2,1-2H3;2*1H;1H3;/q;;;;+2/p-2. The molecule has 2 nitrogen and oxygen atoms in total. The Hall–Kier alpha value is 1.19. The van der Waals surface area contributed by atoms with E-state index in [-0.39, 0.29) is 52.0 Å². The fourth-order valence-electron chi connectivity index (χ4n) is 0.333. The van der Waals surface area contributed by atoms with Crippen LogP contribution in [0.25, 0.3) is 0 Å². The second-order valence-electron chi connectivity index (χ2n) is 1.97. The molecule has 0 heterocycles. The molecule has 0 aliphatic heterocycles. The molecule has 0 aliphatic carbocycles. The van der Waals surface area contributed by atoms with Crippen molar-refractivity contribution in [3.63, 3.8) is 0 Å². The van der Waals surface area contributed by atoms with Gasteiger partial charge in [0.2, 0.25) is 0 Å². The smallest absolute Gasteiger partial charge is 1.00 e. The summed E-state index contributed by atoms with van der Waals surface area (Å²) in [7, 11) is 0. The van der Waals surface area contributed by atoms with Crippen molar-refractivity contribution in [2.24, 2.45) is 11.7 Å². The zero-order chi connectivity index (χ0) is 4.99. The van der Waals surface area contributed by atoms with Gasteiger partial charge in [0.05, 0.1) is 0 Å². The van der Waals surface area contributed by atoms with Gasteiger partial charge in [-0.15, -0.1) is 0 Å². The summed E-state index contributed by atoms with van der Waals surface area (Å²) in [5, 5.41) is 0. The van der Waals surface area contributed by atoms with Crippen LogP contribution in [0.1, 0.15) is 20.3 Å². The van der Waals surface area contributed by atoms with Gasteiger partial charge in [0.15, 0.2) is 0 Å². The molecule has 0 atom stereocenters. The third kappa shape index (κ3) is 35.1. The van der Waals surface area contributed by atoms with Crippen molar-refractivity contribution >= 4 is 0 Å². The Kier molecular flexibility index (Phi) is 68.1. The maximum absolute atomic E-state index is 5.23. The van der Waals surface area contributed by atoms with Crippen LogP contribution < -0.4 is 36.7 Å². The molecule has 70 valence electrons. The summed E-state index contributed by atoms with van der Waals surface area (Å²) in [6.45, 7) is 5.18. The van der Waals surface area contributed by atoms with Gasteiger partial charge in [0.25, 0.3) is 0 Å². The Morgan fingerprint density at radius 2 is 1.50 bits per heavy atom. The van der Waals surface area contributed by atoms with Crippen molar-refractivity contribution in [1.82, 2.24) is 6.15 Å². The van der Waals surface area contributed by atoms with Gasteiger partial charge in [-0.1, -0.05) is 13.8 Å². The van der Waals surface area contributed by atoms with Crippen LogP contribution in [0, 0.1) is 5.92 Å². The molecule has 0 radical (unpaired) electrons. The van der Waals surface area contributed by atoms with Crippen LogP contribution in [0.15, 0.2) is 0 Å². The van der Waals surface area contributed by atoms with Crippen molar-refractivity contribution in [3.8, 4) is 0 Å². The maximum atomic E-state index is 5.23. The normalized spacial score (nSPS) is 6.00. The summed E-state index contributed by atoms with van der Waals surface area (Å²) in [5.41, 5.74) is 5.23. The van der Waals surface area contributed by atoms with E-state index < -0.39 is 0 Å². The van der Waals surface area contributed by atoms with Crippen molar-refractivity contribution in [3.05, 3.63) is 0 Å². The summed E-state index contributed by atoms with van der Waals surface area (Å²) in [6.07, 6.45) is 1.15. The van der Waals surface area contributed by atoms with Crippen LogP contribution in [0.5, 0.6) is 0 Å². The molecule has 0 saturated heterocycles. The molecule has 10 heavy (non-hydrogen) atoms. The van der Waals surface area contributed by atoms with E-state index in [1.54, 1.807) is 0 Å². The molecule has 0 bridgehead atoms. The Labute approximate surface area is 90.4 Å². The monoisotopic (exact) mass is 369 g/mol. The van der Waals surface area contributed by atoms with Crippen molar-refractivity contribution in [2.45, 2.75) is 20.3 Å². The van der Waals surface area contributed by atoms with Crippen LogP contribution in [0.2, 0.25) is 0 Å². The van der Waals surface area contributed by atoms with Gasteiger partial charge in [0, 0.05) is 0 Å². The molecule has 0 spiro atoms. The third-order valence-electron chi connectivity index (χ3n) is 0.744. The molecule has 0 amide bonds. The Morgan fingerprint density at radius 1 is 1.20 bits per heavy atom. The van der Waals surface area contributed by atoms with Gasteiger partial charge in [0.1, 0.15) is 0 Å². The average molecular weight is 370 g/mol. The van der Waals surface area contributed by atoms with Crippen LogP contribution in [0.4, 0.5) is 0 Å². The first-order chi connectivity index (χ1) is 2.77. The summed E-state index contributed by atoms with van der Waals surface area (Å²) >= 11 is 0. The van der Waals surface area contributed by atoms with E-state index in [4.69, 9.17) is 5.73 Å². The first-order valence-corrected chi connectivity index (χ1v) is 2.47. The van der Waals surface area contributed by atoms with E-state index in [1.165, 1.54) is 0 Å². The zero-order valence-electron chi connectivity index (χ0n) is 6.35. The van der Waals surface area contributed by atoms with Crippen molar-refractivity contribution in [2.75, 3.05) is 6.54 Å². The van der Waals surface area contributed by atoms with Crippen LogP contribution in [-0.4, -0.2) is 6.54 Å². The van der Waals surface area contributed by atoms with Crippen LogP contribution in [-0.2, 0) is 21.1 Å². The summed E-state index contributed by atoms with van der Waals surface area (Å²) in [6, 6.07) is 0. The second kappa shape index (κ2) is 22.5. The molecular formula is C5H16Cl2N2Pt. The van der Waals surface area contributed by atoms with Gasteiger partial charge in [-0.3, -0.25) is 0 Å². The Bertz CT molecular complexity index is 38.8. The number of hydrogen-bond acceptors (Lipinski definition) is 2. The maximum Gasteiger partial charge on any atom is 2.00 e. The Morgan fingerprint density at radius 3 is 1.50 bits per heavy atom. The van der Waals surface area contributed by atoms with Gasteiger partial charge < -0.3 is 36.7 Å². The predicted molar refractivity (Wildman–Crippen MR) is 33.5 cm³/mol. The fraction of sp³-hybridized carbons (Fsp3) is 1.00. The minimum absolute atomic E-state index is 0. The second-order valence-corrected chi connectivity index (χ2v) is 1.97. The molecule has 0 aromatic heterocycles. The van der Waals surface area contributed by atoms with Crippen LogP contribution in [0.3, 0.4) is 0 Å². The SMILES string of the molecule is CC(C)CCN.N.[Cl-].[Cl-].[Pt+2]. The average Bonchev–Trinajstić information content (AvgIpc) is 1.35. The quantitative estimate of drug-likeness (QED) is 0.513. The molecule has 5 heteroatoms. The first-order valence-electron chi connectivity index (χ1n) is 2.47. The molecule has 0 aromatic rings. The molecule has 0 rings (SSSR count). The number of rotatable bonds is 2. The topological polar surface area (TPSA) is 61.0 Å². The Balaban J connectivity index is -0.0000000208. The molecule has 0 fully saturated rings. The zero-order valence-corrected chi connectivity index (χ0v) is 10.1. The molecule has 0 unspecified atom stereocenters. The molecular weight excluding hydrogens is 354 g/mol. The fourth-order valence-corrected chi connectivity index (χ4v) is 0.333. The number of hydrogen-bond donors (Lipinski definition) is 2. The predicted octanol–water partition coefficient (Wildman–Crippen LogP) is -4.84. The van der Waals surface area contributed by atoms with Crippen molar-refractivity contribution in [1.29, 1.82) is 0 Å². The van der Waals surface area contributed by atoms with E-state index in [0.29, 0.717) is 0 Å². The van der Waals surface area contributed by atoms with Gasteiger partial charge >= 0.3 is 21.1 Å². The number of halogens is 2. The summed E-state index contributed by atoms with van der Waals surface area (Å²) < 4.78 is 0. The van der Waals surface area contributed by atoms with Crippen LogP contribution >= 0.6 is 0 Å². The molecule has 0 saturated carbocycles. The largest absolute Gasteiger partial charge is 2.00 e. The van der Waals surface area contributed by atoms with E-state index in [1.807, 2.05) is 0 Å². The number of nitrogens with two attached hydrogens (primary N) is 1. The van der Waals surface area contributed by atoms with E-state index in [9.17, 15) is 0 Å². The molecule has 5 N–H and O–H groups in total. The minimum Gasteiger partial charge on any atom is -1.00 e. The minimum atomic E-state index is 0. The van der Waals surface area contributed by atoms with E-state index in [2.05, 4.69) is 13.8 Å². The summed E-state index contributed by atoms with van der Waals surface area (Å²) in [4.78, 5) is 0. The van der Waals surface area contributed by atoms with Gasteiger partial charge in [-0.2, -0.15) is 0 Å². The third-order valence-corrected chi connectivity index (χ3v) is 0.744. The van der Waals surface area contributed by atoms with Gasteiger partial charge in [-0.25, -0.2) is 0 Å². The van der Waals surface area contributed by atoms with E-state index in [0.717, 1.165) is 18.9 Å². The summed E-state index contributed by atoms with van der Waals surface area (Å²) in [5.74, 6) is 0.773. The van der Waals surface area contributed by atoms with Crippen molar-refractivity contribution < 1.29 is 45.9 Å². The van der Waals surface area contributed by atoms with E-state index >= 15 is 0 Å².